The average Bonchev–Trinajstić information content (AvgIpc) is 2.25. The second kappa shape index (κ2) is 6.25. The van der Waals surface area contributed by atoms with Crippen LogP contribution in [-0.4, -0.2) is 17.6 Å². The third-order valence-electron chi connectivity index (χ3n) is 2.58. The molecule has 0 atom stereocenters. The fourth-order valence-corrected chi connectivity index (χ4v) is 1.70. The molecule has 0 spiro atoms. The largest absolute Gasteiger partial charge is 0.505 e. The van der Waals surface area contributed by atoms with Gasteiger partial charge < -0.3 is 16.2 Å². The highest BCUT2D eigenvalue weighted by atomic mass is 16.3. The van der Waals surface area contributed by atoms with Crippen molar-refractivity contribution >= 4 is 11.6 Å². The van der Waals surface area contributed by atoms with E-state index in [1.165, 1.54) is 0 Å². The quantitative estimate of drug-likeness (QED) is 0.541. The Morgan fingerprint density at radius 3 is 2.71 bits per heavy atom. The molecule has 94 valence electrons. The molecule has 0 aliphatic rings. The molecule has 4 nitrogen and oxygen atoms in total. The lowest BCUT2D eigenvalue weighted by Gasteiger charge is -2.10. The Hall–Kier alpha value is -1.55. The Morgan fingerprint density at radius 1 is 1.35 bits per heavy atom. The zero-order valence-corrected chi connectivity index (χ0v) is 10.4. The van der Waals surface area contributed by atoms with E-state index in [1.807, 2.05) is 19.9 Å². The molecule has 1 rings (SSSR count). The van der Waals surface area contributed by atoms with E-state index < -0.39 is 0 Å². The second-order valence-electron chi connectivity index (χ2n) is 4.27. The van der Waals surface area contributed by atoms with Gasteiger partial charge in [-0.3, -0.25) is 4.79 Å². The standard InChI is InChI=1S/C13H20N2O2/c1-9-7-10(2)13(17)11(8-9)15-12(16)5-3-4-6-14/h7-8,17H,3-6,14H2,1-2H3,(H,15,16). The van der Waals surface area contributed by atoms with Gasteiger partial charge in [0.1, 0.15) is 5.75 Å². The predicted octanol–water partition coefficient (Wildman–Crippen LogP) is 2.08. The van der Waals surface area contributed by atoms with Crippen LogP contribution >= 0.6 is 0 Å². The molecule has 0 heterocycles. The van der Waals surface area contributed by atoms with Gasteiger partial charge in [-0.1, -0.05) is 6.07 Å². The van der Waals surface area contributed by atoms with E-state index in [1.54, 1.807) is 6.07 Å². The number of benzene rings is 1. The summed E-state index contributed by atoms with van der Waals surface area (Å²) < 4.78 is 0. The van der Waals surface area contributed by atoms with E-state index in [0.29, 0.717) is 18.7 Å². The number of amides is 1. The van der Waals surface area contributed by atoms with Crippen LogP contribution in [0.3, 0.4) is 0 Å². The number of phenols is 1. The maximum absolute atomic E-state index is 11.6. The van der Waals surface area contributed by atoms with Gasteiger partial charge in [0.05, 0.1) is 5.69 Å². The summed E-state index contributed by atoms with van der Waals surface area (Å²) in [5, 5.41) is 12.5. The lowest BCUT2D eigenvalue weighted by Crippen LogP contribution is -2.12. The number of unbranched alkanes of at least 4 members (excludes halogenated alkanes) is 1. The number of anilines is 1. The van der Waals surface area contributed by atoms with Crippen LogP contribution in [0.25, 0.3) is 0 Å². The molecule has 4 heteroatoms. The number of nitrogens with two attached hydrogens (primary N) is 1. The highest BCUT2D eigenvalue weighted by Gasteiger charge is 2.08. The van der Waals surface area contributed by atoms with Crippen molar-refractivity contribution in [2.24, 2.45) is 5.73 Å². The number of aromatic hydroxyl groups is 1. The zero-order valence-electron chi connectivity index (χ0n) is 10.4. The molecule has 4 N–H and O–H groups in total. The Bertz CT molecular complexity index is 403. The van der Waals surface area contributed by atoms with E-state index in [0.717, 1.165) is 24.0 Å². The van der Waals surface area contributed by atoms with Gasteiger partial charge in [0.25, 0.3) is 0 Å². The molecule has 0 saturated heterocycles. The molecule has 1 aromatic rings. The number of carbonyl (C=O) groups is 1. The predicted molar refractivity (Wildman–Crippen MR) is 69.1 cm³/mol. The van der Waals surface area contributed by atoms with Crippen molar-refractivity contribution in [2.75, 3.05) is 11.9 Å². The SMILES string of the molecule is Cc1cc(C)c(O)c(NC(=O)CCCCN)c1. The average molecular weight is 236 g/mol. The Balaban J connectivity index is 2.65. The van der Waals surface area contributed by atoms with Crippen molar-refractivity contribution in [2.45, 2.75) is 33.1 Å². The molecule has 0 radical (unpaired) electrons. The summed E-state index contributed by atoms with van der Waals surface area (Å²) in [6.45, 7) is 4.34. The first-order valence-electron chi connectivity index (χ1n) is 5.84. The Kier molecular flexibility index (Phi) is 4.97. The Labute approximate surface area is 102 Å². The minimum atomic E-state index is -0.0845. The molecule has 0 aliphatic heterocycles. The molecule has 1 amide bonds. The minimum absolute atomic E-state index is 0.0845. The maximum Gasteiger partial charge on any atom is 0.224 e. The maximum atomic E-state index is 11.6. The molecular weight excluding hydrogens is 216 g/mol. The van der Waals surface area contributed by atoms with E-state index in [-0.39, 0.29) is 11.7 Å². The summed E-state index contributed by atoms with van der Waals surface area (Å²) in [5.74, 6) is 0.0570. The molecule has 1 aromatic carbocycles. The summed E-state index contributed by atoms with van der Waals surface area (Å²) in [7, 11) is 0. The van der Waals surface area contributed by atoms with Gasteiger partial charge in [-0.25, -0.2) is 0 Å². The molecule has 0 saturated carbocycles. The fraction of sp³-hybridized carbons (Fsp3) is 0.462. The molecule has 0 aliphatic carbocycles. The van der Waals surface area contributed by atoms with Crippen LogP contribution in [0.1, 0.15) is 30.4 Å². The fourth-order valence-electron chi connectivity index (χ4n) is 1.70. The first-order valence-corrected chi connectivity index (χ1v) is 5.84. The Morgan fingerprint density at radius 2 is 2.06 bits per heavy atom. The van der Waals surface area contributed by atoms with Crippen molar-refractivity contribution in [3.05, 3.63) is 23.3 Å². The van der Waals surface area contributed by atoms with Crippen molar-refractivity contribution in [1.29, 1.82) is 0 Å². The highest BCUT2D eigenvalue weighted by molar-refractivity contribution is 5.92. The van der Waals surface area contributed by atoms with Crippen LogP contribution in [0.5, 0.6) is 5.75 Å². The van der Waals surface area contributed by atoms with Gasteiger partial charge in [0, 0.05) is 6.42 Å². The van der Waals surface area contributed by atoms with Crippen LogP contribution in [0.15, 0.2) is 12.1 Å². The normalized spacial score (nSPS) is 10.3. The van der Waals surface area contributed by atoms with Crippen molar-refractivity contribution < 1.29 is 9.90 Å². The summed E-state index contributed by atoms with van der Waals surface area (Å²) >= 11 is 0. The van der Waals surface area contributed by atoms with Gasteiger partial charge in [-0.2, -0.15) is 0 Å². The van der Waals surface area contributed by atoms with E-state index in [9.17, 15) is 9.90 Å². The van der Waals surface area contributed by atoms with Crippen molar-refractivity contribution in [3.63, 3.8) is 0 Å². The highest BCUT2D eigenvalue weighted by Crippen LogP contribution is 2.28. The molecular formula is C13H20N2O2. The van der Waals surface area contributed by atoms with Gasteiger partial charge in [-0.05, 0) is 50.4 Å². The van der Waals surface area contributed by atoms with Gasteiger partial charge in [0.15, 0.2) is 0 Å². The first kappa shape index (κ1) is 13.5. The number of aryl methyl sites for hydroxylation is 2. The molecule has 0 fully saturated rings. The topological polar surface area (TPSA) is 75.3 Å². The third-order valence-corrected chi connectivity index (χ3v) is 2.58. The van der Waals surface area contributed by atoms with E-state index in [4.69, 9.17) is 5.73 Å². The van der Waals surface area contributed by atoms with Crippen LogP contribution in [0.4, 0.5) is 5.69 Å². The number of carbonyl (C=O) groups excluding carboxylic acids is 1. The number of hydrogen-bond donors (Lipinski definition) is 3. The number of phenolic OH excluding ortho intramolecular Hbond substituents is 1. The molecule has 17 heavy (non-hydrogen) atoms. The molecule has 0 unspecified atom stereocenters. The molecule has 0 aromatic heterocycles. The molecule has 0 bridgehead atoms. The summed E-state index contributed by atoms with van der Waals surface area (Å²) in [6, 6.07) is 3.64. The number of nitrogens with one attached hydrogen (secondary N) is 1. The lowest BCUT2D eigenvalue weighted by atomic mass is 10.1. The lowest BCUT2D eigenvalue weighted by molar-refractivity contribution is -0.116. The van der Waals surface area contributed by atoms with Crippen LogP contribution in [0.2, 0.25) is 0 Å². The smallest absolute Gasteiger partial charge is 0.224 e. The summed E-state index contributed by atoms with van der Waals surface area (Å²) in [6.07, 6.45) is 2.05. The minimum Gasteiger partial charge on any atom is -0.505 e. The van der Waals surface area contributed by atoms with Crippen molar-refractivity contribution in [1.82, 2.24) is 0 Å². The number of hydrogen-bond acceptors (Lipinski definition) is 3. The summed E-state index contributed by atoms with van der Waals surface area (Å²) in [4.78, 5) is 11.6. The monoisotopic (exact) mass is 236 g/mol. The number of rotatable bonds is 5. The van der Waals surface area contributed by atoms with Crippen LogP contribution in [0, 0.1) is 13.8 Å². The van der Waals surface area contributed by atoms with Gasteiger partial charge in [0.2, 0.25) is 5.91 Å². The van der Waals surface area contributed by atoms with Crippen LogP contribution < -0.4 is 11.1 Å². The van der Waals surface area contributed by atoms with Gasteiger partial charge in [-0.15, -0.1) is 0 Å². The van der Waals surface area contributed by atoms with Crippen molar-refractivity contribution in [3.8, 4) is 5.75 Å². The van der Waals surface area contributed by atoms with E-state index in [2.05, 4.69) is 5.32 Å². The van der Waals surface area contributed by atoms with E-state index >= 15 is 0 Å². The van der Waals surface area contributed by atoms with Crippen LogP contribution in [-0.2, 0) is 4.79 Å². The summed E-state index contributed by atoms with van der Waals surface area (Å²) in [5.41, 5.74) is 7.62. The van der Waals surface area contributed by atoms with Gasteiger partial charge >= 0.3 is 0 Å². The second-order valence-corrected chi connectivity index (χ2v) is 4.27. The zero-order chi connectivity index (χ0) is 12.8. The third kappa shape index (κ3) is 4.07. The first-order chi connectivity index (χ1) is 8.04.